The number of nitrogens with zero attached hydrogens (tertiary/aromatic N) is 1. The smallest absolute Gasteiger partial charge is 0.345 e. The van der Waals surface area contributed by atoms with E-state index in [0.29, 0.717) is 19.3 Å². The summed E-state index contributed by atoms with van der Waals surface area (Å²) in [5.41, 5.74) is 4.04. The molecule has 1 atom stereocenters. The molecule has 33 heavy (non-hydrogen) atoms. The van der Waals surface area contributed by atoms with Gasteiger partial charge in [-0.25, -0.2) is 4.79 Å². The highest BCUT2D eigenvalue weighted by Gasteiger charge is 2.50. The van der Waals surface area contributed by atoms with Gasteiger partial charge in [-0.2, -0.15) is 8.78 Å². The van der Waals surface area contributed by atoms with Crippen LogP contribution in [0.1, 0.15) is 52.2 Å². The number of carbonyl (C=O) groups is 2. The van der Waals surface area contributed by atoms with Crippen molar-refractivity contribution >= 4 is 23.2 Å². The molecule has 1 saturated heterocycles. The minimum atomic E-state index is -3.48. The zero-order chi connectivity index (χ0) is 23.8. The average Bonchev–Trinajstić information content (AvgIpc) is 3.34. The molecule has 0 aliphatic carbocycles. The van der Waals surface area contributed by atoms with Gasteiger partial charge < -0.3 is 15.1 Å². The number of likely N-dealkylation sites (tertiary alicyclic amines) is 1. The number of aliphatic hydroxyl groups excluding tert-OH is 1. The number of hydrogen-bond acceptors (Lipinski definition) is 4. The zero-order valence-corrected chi connectivity index (χ0v) is 19.0. The summed E-state index contributed by atoms with van der Waals surface area (Å²) in [6, 6.07) is 13.2. The highest BCUT2D eigenvalue weighted by Crippen LogP contribution is 2.35. The van der Waals surface area contributed by atoms with Crippen LogP contribution in [-0.4, -0.2) is 45.6 Å². The second-order valence-corrected chi connectivity index (χ2v) is 9.24. The van der Waals surface area contributed by atoms with E-state index < -0.39 is 30.3 Å². The number of unbranched alkanes of at least 4 members (excludes halogenated alkanes) is 1. The third-order valence-corrected chi connectivity index (χ3v) is 6.58. The van der Waals surface area contributed by atoms with Crippen LogP contribution < -0.4 is 0 Å². The summed E-state index contributed by atoms with van der Waals surface area (Å²) < 4.78 is 28.0. The van der Waals surface area contributed by atoms with Crippen molar-refractivity contribution < 1.29 is 28.6 Å². The Bertz CT molecular complexity index is 1030. The molecule has 0 saturated carbocycles. The topological polar surface area (TPSA) is 77.8 Å². The standard InChI is InChI=1S/C25H27F2NO4S/c26-25(27)17-19(12-13-20(29)10-5-4-9-18-7-2-1-3-8-18)28(24(25)32)16-6-11-21-14-15-22(33-21)23(30)31/h1-3,7-8,13-15,20,29H,4-6,9-11,16-17H2,(H,30,31)/t12?,20-/m0/s1. The lowest BCUT2D eigenvalue weighted by Crippen LogP contribution is -2.33. The molecule has 1 aromatic heterocycles. The number of amides is 1. The number of rotatable bonds is 11. The van der Waals surface area contributed by atoms with Crippen LogP contribution in [0.3, 0.4) is 0 Å². The third-order valence-electron chi connectivity index (χ3n) is 5.45. The van der Waals surface area contributed by atoms with Crippen LogP contribution in [0.15, 0.2) is 60.0 Å². The molecule has 1 amide bonds. The molecule has 0 unspecified atom stereocenters. The first-order valence-corrected chi connectivity index (χ1v) is 11.8. The molecule has 0 bridgehead atoms. The van der Waals surface area contributed by atoms with Gasteiger partial charge in [-0.1, -0.05) is 36.8 Å². The van der Waals surface area contributed by atoms with Crippen LogP contribution in [0, 0.1) is 0 Å². The van der Waals surface area contributed by atoms with Crippen LogP contribution in [0.25, 0.3) is 0 Å². The van der Waals surface area contributed by atoms with Gasteiger partial charge in [0.1, 0.15) is 4.88 Å². The first-order valence-electron chi connectivity index (χ1n) is 11.0. The number of carbonyl (C=O) groups excluding carboxylic acids is 1. The van der Waals surface area contributed by atoms with E-state index >= 15 is 0 Å². The maximum atomic E-state index is 14.0. The van der Waals surface area contributed by atoms with Gasteiger partial charge in [0.05, 0.1) is 18.2 Å². The second kappa shape index (κ2) is 11.4. The quantitative estimate of drug-likeness (QED) is 0.352. The third kappa shape index (κ3) is 7.09. The summed E-state index contributed by atoms with van der Waals surface area (Å²) in [7, 11) is 0. The lowest BCUT2D eigenvalue weighted by molar-refractivity contribution is -0.147. The monoisotopic (exact) mass is 475 g/mol. The van der Waals surface area contributed by atoms with Crippen LogP contribution in [0.2, 0.25) is 0 Å². The molecule has 1 aromatic carbocycles. The Morgan fingerprint density at radius 1 is 1.15 bits per heavy atom. The Morgan fingerprint density at radius 2 is 1.91 bits per heavy atom. The normalized spacial score (nSPS) is 16.0. The SMILES string of the molecule is O=C(O)c1ccc(CCCN2C(=O)C(F)(F)CC2=C=C[C@@H](O)CCCCc2ccccc2)s1. The maximum absolute atomic E-state index is 14.0. The zero-order valence-electron chi connectivity index (χ0n) is 18.2. The minimum Gasteiger partial charge on any atom is -0.477 e. The van der Waals surface area contributed by atoms with E-state index in [4.69, 9.17) is 5.11 Å². The molecule has 0 radical (unpaired) electrons. The van der Waals surface area contributed by atoms with Gasteiger partial charge in [0.25, 0.3) is 5.91 Å². The molecule has 2 N–H and O–H groups in total. The molecule has 1 aliphatic rings. The summed E-state index contributed by atoms with van der Waals surface area (Å²) >= 11 is 1.13. The van der Waals surface area contributed by atoms with Crippen LogP contribution in [-0.2, 0) is 17.6 Å². The van der Waals surface area contributed by atoms with Crippen molar-refractivity contribution in [1.82, 2.24) is 4.90 Å². The summed E-state index contributed by atoms with van der Waals surface area (Å²) in [6.45, 7) is 0.0814. The number of benzene rings is 1. The lowest BCUT2D eigenvalue weighted by atomic mass is 10.1. The van der Waals surface area contributed by atoms with Gasteiger partial charge in [-0.3, -0.25) is 4.79 Å². The van der Waals surface area contributed by atoms with Gasteiger partial charge in [0.15, 0.2) is 0 Å². The van der Waals surface area contributed by atoms with Gasteiger partial charge in [-0.15, -0.1) is 17.1 Å². The molecular formula is C25H27F2NO4S. The van der Waals surface area contributed by atoms with E-state index in [0.717, 1.165) is 40.4 Å². The molecular weight excluding hydrogens is 448 g/mol. The predicted octanol–water partition coefficient (Wildman–Crippen LogP) is 5.06. The van der Waals surface area contributed by atoms with E-state index in [1.807, 2.05) is 18.2 Å². The minimum absolute atomic E-state index is 0.0748. The molecule has 1 fully saturated rings. The van der Waals surface area contributed by atoms with Crippen molar-refractivity contribution in [3.05, 3.63) is 75.3 Å². The Balaban J connectivity index is 1.53. The van der Waals surface area contributed by atoms with Crippen molar-refractivity contribution in [2.24, 2.45) is 0 Å². The van der Waals surface area contributed by atoms with Crippen LogP contribution in [0.5, 0.6) is 0 Å². The fourth-order valence-corrected chi connectivity index (χ4v) is 4.60. The number of hydrogen-bond donors (Lipinski definition) is 2. The average molecular weight is 476 g/mol. The van der Waals surface area contributed by atoms with E-state index in [9.17, 15) is 23.5 Å². The Morgan fingerprint density at radius 3 is 2.61 bits per heavy atom. The van der Waals surface area contributed by atoms with Crippen molar-refractivity contribution in [3.63, 3.8) is 0 Å². The number of thiophene rings is 1. The number of aromatic carboxylic acids is 1. The molecule has 176 valence electrons. The van der Waals surface area contributed by atoms with E-state index in [-0.39, 0.29) is 17.1 Å². The number of carboxylic acids is 1. The Kier molecular flexibility index (Phi) is 8.55. The molecule has 3 rings (SSSR count). The van der Waals surface area contributed by atoms with Gasteiger partial charge >= 0.3 is 11.9 Å². The maximum Gasteiger partial charge on any atom is 0.345 e. The van der Waals surface area contributed by atoms with E-state index in [2.05, 4.69) is 17.9 Å². The van der Waals surface area contributed by atoms with Crippen LogP contribution >= 0.6 is 11.3 Å². The second-order valence-electron chi connectivity index (χ2n) is 8.07. The molecule has 2 aromatic rings. The molecule has 0 spiro atoms. The predicted molar refractivity (Wildman–Crippen MR) is 122 cm³/mol. The van der Waals surface area contributed by atoms with Gasteiger partial charge in [-0.05, 0) is 55.9 Å². The summed E-state index contributed by atoms with van der Waals surface area (Å²) in [5, 5.41) is 19.2. The number of halogens is 2. The first kappa shape index (κ1) is 24.8. The van der Waals surface area contributed by atoms with Crippen molar-refractivity contribution in [1.29, 1.82) is 0 Å². The summed E-state index contributed by atoms with van der Waals surface area (Å²) in [5.74, 6) is -5.74. The van der Waals surface area contributed by atoms with Crippen molar-refractivity contribution in [2.75, 3.05) is 6.54 Å². The highest BCUT2D eigenvalue weighted by molar-refractivity contribution is 7.13. The fourth-order valence-electron chi connectivity index (χ4n) is 3.71. The van der Waals surface area contributed by atoms with Crippen LogP contribution in [0.4, 0.5) is 8.78 Å². The summed E-state index contributed by atoms with van der Waals surface area (Å²) in [4.78, 5) is 25.2. The van der Waals surface area contributed by atoms with Crippen molar-refractivity contribution in [3.8, 4) is 0 Å². The number of aryl methyl sites for hydroxylation is 2. The van der Waals surface area contributed by atoms with Crippen molar-refractivity contribution in [2.45, 2.75) is 57.0 Å². The molecule has 8 heteroatoms. The largest absolute Gasteiger partial charge is 0.477 e. The fraction of sp³-hybridized carbons (Fsp3) is 0.400. The number of aliphatic hydroxyl groups is 1. The van der Waals surface area contributed by atoms with E-state index in [1.165, 1.54) is 17.7 Å². The number of carboxylic acid groups (broad SMARTS) is 1. The summed E-state index contributed by atoms with van der Waals surface area (Å²) in [6.07, 6.45) is 3.78. The highest BCUT2D eigenvalue weighted by atomic mass is 32.1. The lowest BCUT2D eigenvalue weighted by Gasteiger charge is -2.16. The molecule has 2 heterocycles. The number of alkyl halides is 2. The van der Waals surface area contributed by atoms with Gasteiger partial charge in [0.2, 0.25) is 0 Å². The van der Waals surface area contributed by atoms with Gasteiger partial charge in [0, 0.05) is 11.4 Å². The van der Waals surface area contributed by atoms with E-state index in [1.54, 1.807) is 6.07 Å². The first-order chi connectivity index (χ1) is 15.8. The Hall–Kier alpha value is -2.80. The Labute approximate surface area is 195 Å². The molecule has 5 nitrogen and oxygen atoms in total. The molecule has 1 aliphatic heterocycles.